The van der Waals surface area contributed by atoms with Crippen molar-refractivity contribution >= 4 is 23.5 Å². The van der Waals surface area contributed by atoms with Crippen molar-refractivity contribution in [3.63, 3.8) is 0 Å². The lowest BCUT2D eigenvalue weighted by molar-refractivity contribution is 0.0916. The molecule has 148 valence electrons. The molecular formula is C22H26ClN3O2. The van der Waals surface area contributed by atoms with E-state index in [0.717, 1.165) is 31.2 Å². The SMILES string of the molecule is Cc1ccc(CNC(=O)NC2CCCCC2NC(=O)c2cccc(Cl)c2)cc1. The highest BCUT2D eigenvalue weighted by Gasteiger charge is 2.28. The maximum atomic E-state index is 12.5. The molecule has 0 heterocycles. The van der Waals surface area contributed by atoms with Gasteiger partial charge >= 0.3 is 6.03 Å². The first kappa shape index (κ1) is 20.2. The average molecular weight is 400 g/mol. The van der Waals surface area contributed by atoms with Gasteiger partial charge in [0.15, 0.2) is 0 Å². The van der Waals surface area contributed by atoms with Gasteiger partial charge in [-0.05, 0) is 43.5 Å². The number of benzene rings is 2. The summed E-state index contributed by atoms with van der Waals surface area (Å²) in [6.07, 6.45) is 3.75. The summed E-state index contributed by atoms with van der Waals surface area (Å²) in [5.41, 5.74) is 2.77. The monoisotopic (exact) mass is 399 g/mol. The molecule has 0 aromatic heterocycles. The molecule has 0 saturated heterocycles. The van der Waals surface area contributed by atoms with E-state index in [1.165, 1.54) is 5.56 Å². The molecule has 1 saturated carbocycles. The summed E-state index contributed by atoms with van der Waals surface area (Å²) >= 11 is 5.98. The van der Waals surface area contributed by atoms with Gasteiger partial charge in [0.05, 0.1) is 6.04 Å². The van der Waals surface area contributed by atoms with Gasteiger partial charge < -0.3 is 16.0 Å². The van der Waals surface area contributed by atoms with E-state index in [9.17, 15) is 9.59 Å². The standard InChI is InChI=1S/C22H26ClN3O2/c1-15-9-11-16(12-10-15)14-24-22(28)26-20-8-3-2-7-19(20)25-21(27)17-5-4-6-18(23)13-17/h4-6,9-13,19-20H,2-3,7-8,14H2,1H3,(H,25,27)(H2,24,26,28). The van der Waals surface area contributed by atoms with Crippen molar-refractivity contribution in [3.8, 4) is 0 Å². The molecule has 2 atom stereocenters. The van der Waals surface area contributed by atoms with Gasteiger partial charge in [0.1, 0.15) is 0 Å². The van der Waals surface area contributed by atoms with Crippen LogP contribution >= 0.6 is 11.6 Å². The van der Waals surface area contributed by atoms with Crippen LogP contribution in [0.3, 0.4) is 0 Å². The van der Waals surface area contributed by atoms with E-state index in [0.29, 0.717) is 17.1 Å². The van der Waals surface area contributed by atoms with Crippen LogP contribution in [-0.2, 0) is 6.54 Å². The van der Waals surface area contributed by atoms with E-state index in [2.05, 4.69) is 16.0 Å². The second-order valence-electron chi connectivity index (χ2n) is 7.29. The zero-order valence-electron chi connectivity index (χ0n) is 16.0. The second kappa shape index (κ2) is 9.60. The lowest BCUT2D eigenvalue weighted by Crippen LogP contribution is -2.55. The molecular weight excluding hydrogens is 374 g/mol. The Kier molecular flexibility index (Phi) is 6.93. The number of hydrogen-bond donors (Lipinski definition) is 3. The Morgan fingerprint density at radius 2 is 1.68 bits per heavy atom. The maximum absolute atomic E-state index is 12.5. The molecule has 0 spiro atoms. The minimum absolute atomic E-state index is 0.0881. The summed E-state index contributed by atoms with van der Waals surface area (Å²) in [4.78, 5) is 24.9. The predicted molar refractivity (Wildman–Crippen MR) is 112 cm³/mol. The highest BCUT2D eigenvalue weighted by Crippen LogP contribution is 2.20. The van der Waals surface area contributed by atoms with Gasteiger partial charge in [-0.2, -0.15) is 0 Å². The van der Waals surface area contributed by atoms with Crippen LogP contribution in [0.15, 0.2) is 48.5 Å². The molecule has 2 unspecified atom stereocenters. The Balaban J connectivity index is 1.54. The topological polar surface area (TPSA) is 70.2 Å². The minimum atomic E-state index is -0.213. The molecule has 6 heteroatoms. The third kappa shape index (κ3) is 5.73. The van der Waals surface area contributed by atoms with E-state index in [-0.39, 0.29) is 24.0 Å². The molecule has 1 aliphatic carbocycles. The number of halogens is 1. The fourth-order valence-corrected chi connectivity index (χ4v) is 3.66. The first-order valence-corrected chi connectivity index (χ1v) is 10.1. The van der Waals surface area contributed by atoms with Gasteiger partial charge in [0.2, 0.25) is 0 Å². The third-order valence-electron chi connectivity index (χ3n) is 5.06. The van der Waals surface area contributed by atoms with Gasteiger partial charge in [-0.1, -0.05) is 60.3 Å². The van der Waals surface area contributed by atoms with Crippen molar-refractivity contribution in [3.05, 3.63) is 70.2 Å². The van der Waals surface area contributed by atoms with Crippen molar-refractivity contribution in [1.29, 1.82) is 0 Å². The normalized spacial score (nSPS) is 18.9. The minimum Gasteiger partial charge on any atom is -0.347 e. The molecule has 0 radical (unpaired) electrons. The summed E-state index contributed by atoms with van der Waals surface area (Å²) in [6, 6.07) is 14.5. The smallest absolute Gasteiger partial charge is 0.315 e. The van der Waals surface area contributed by atoms with Crippen LogP contribution in [0.2, 0.25) is 5.02 Å². The van der Waals surface area contributed by atoms with Gasteiger partial charge in [0.25, 0.3) is 5.91 Å². The van der Waals surface area contributed by atoms with Gasteiger partial charge in [-0.25, -0.2) is 4.79 Å². The number of urea groups is 1. The molecule has 2 aromatic carbocycles. The number of aryl methyl sites for hydroxylation is 1. The molecule has 0 bridgehead atoms. The molecule has 3 amide bonds. The van der Waals surface area contributed by atoms with Crippen LogP contribution in [-0.4, -0.2) is 24.0 Å². The molecule has 28 heavy (non-hydrogen) atoms. The quantitative estimate of drug-likeness (QED) is 0.705. The largest absolute Gasteiger partial charge is 0.347 e. The highest BCUT2D eigenvalue weighted by molar-refractivity contribution is 6.30. The highest BCUT2D eigenvalue weighted by atomic mass is 35.5. The van der Waals surface area contributed by atoms with E-state index in [1.807, 2.05) is 31.2 Å². The molecule has 2 aromatic rings. The van der Waals surface area contributed by atoms with Crippen LogP contribution in [0.5, 0.6) is 0 Å². The van der Waals surface area contributed by atoms with Gasteiger partial charge in [-0.15, -0.1) is 0 Å². The zero-order chi connectivity index (χ0) is 19.9. The fourth-order valence-electron chi connectivity index (χ4n) is 3.47. The number of amides is 3. The lowest BCUT2D eigenvalue weighted by Gasteiger charge is -2.32. The molecule has 5 nitrogen and oxygen atoms in total. The first-order valence-electron chi connectivity index (χ1n) is 9.67. The van der Waals surface area contributed by atoms with Crippen molar-refractivity contribution in [1.82, 2.24) is 16.0 Å². The molecule has 3 N–H and O–H groups in total. The molecule has 1 aliphatic rings. The van der Waals surface area contributed by atoms with Crippen LogP contribution in [0.4, 0.5) is 4.79 Å². The van der Waals surface area contributed by atoms with E-state index in [4.69, 9.17) is 11.6 Å². The molecule has 1 fully saturated rings. The Hall–Kier alpha value is -2.53. The summed E-state index contributed by atoms with van der Waals surface area (Å²) < 4.78 is 0. The van der Waals surface area contributed by atoms with E-state index in [1.54, 1.807) is 24.3 Å². The average Bonchev–Trinajstić information content (AvgIpc) is 2.69. The Morgan fingerprint density at radius 3 is 2.36 bits per heavy atom. The number of carbonyl (C=O) groups excluding carboxylic acids is 2. The van der Waals surface area contributed by atoms with Crippen LogP contribution in [0.1, 0.15) is 47.2 Å². The van der Waals surface area contributed by atoms with Crippen molar-refractivity contribution < 1.29 is 9.59 Å². The van der Waals surface area contributed by atoms with Gasteiger partial charge in [-0.3, -0.25) is 4.79 Å². The van der Waals surface area contributed by atoms with Crippen molar-refractivity contribution in [2.75, 3.05) is 0 Å². The van der Waals surface area contributed by atoms with Gasteiger partial charge in [0, 0.05) is 23.2 Å². The lowest BCUT2D eigenvalue weighted by atomic mass is 9.90. The first-order chi connectivity index (χ1) is 13.5. The summed E-state index contributed by atoms with van der Waals surface area (Å²) in [6.45, 7) is 2.50. The summed E-state index contributed by atoms with van der Waals surface area (Å²) in [5, 5.41) is 9.51. The summed E-state index contributed by atoms with van der Waals surface area (Å²) in [5.74, 6) is -0.165. The Bertz CT molecular complexity index is 823. The second-order valence-corrected chi connectivity index (χ2v) is 7.73. The zero-order valence-corrected chi connectivity index (χ0v) is 16.8. The maximum Gasteiger partial charge on any atom is 0.315 e. The van der Waals surface area contributed by atoms with Crippen LogP contribution in [0.25, 0.3) is 0 Å². The number of rotatable bonds is 5. The number of hydrogen-bond acceptors (Lipinski definition) is 2. The van der Waals surface area contributed by atoms with Crippen molar-refractivity contribution in [2.45, 2.75) is 51.2 Å². The summed E-state index contributed by atoms with van der Waals surface area (Å²) in [7, 11) is 0. The molecule has 0 aliphatic heterocycles. The van der Waals surface area contributed by atoms with Crippen molar-refractivity contribution in [2.24, 2.45) is 0 Å². The van der Waals surface area contributed by atoms with E-state index >= 15 is 0 Å². The van der Waals surface area contributed by atoms with Crippen LogP contribution in [0, 0.1) is 6.92 Å². The number of carbonyl (C=O) groups is 2. The predicted octanol–water partition coefficient (Wildman–Crippen LogP) is 4.19. The Morgan fingerprint density at radius 1 is 1.00 bits per heavy atom. The number of nitrogens with one attached hydrogen (secondary N) is 3. The fraction of sp³-hybridized carbons (Fsp3) is 0.364. The van der Waals surface area contributed by atoms with Crippen LogP contribution < -0.4 is 16.0 Å². The third-order valence-corrected chi connectivity index (χ3v) is 5.29. The van der Waals surface area contributed by atoms with E-state index < -0.39 is 0 Å². The Labute approximate surface area is 170 Å². The molecule has 3 rings (SSSR count).